The van der Waals surface area contributed by atoms with E-state index in [9.17, 15) is 0 Å². The van der Waals surface area contributed by atoms with Crippen molar-refractivity contribution >= 4 is 30.4 Å². The molecule has 1 saturated carbocycles. The Kier molecular flexibility index (Phi) is 11.5. The molecule has 6 heteroatoms. The minimum atomic E-state index is -1.41. The van der Waals surface area contributed by atoms with Crippen LogP contribution in [0.5, 0.6) is 0 Å². The standard InChI is InChI=1S/C46H58N3O2Si/c1-45(2,3)44(51-52(37-19-11-7-12-20-37)38-21-13-8-14-22-38)46(29-15-16-30-46)34-49-31-27-35(28-32-49)23-26-42-40-25-24-39(36-17-9-6-10-18-36)41(33-48(4)5)43(40)50-47-42/h6-14,17-22,24-25,35,44H,15-16,23,26-34H2,1-5H3. The van der Waals surface area contributed by atoms with Crippen molar-refractivity contribution in [1.29, 1.82) is 0 Å². The first-order valence-electron chi connectivity index (χ1n) is 19.7. The van der Waals surface area contributed by atoms with E-state index in [0.717, 1.165) is 37.2 Å². The molecule has 1 aliphatic carbocycles. The third kappa shape index (κ3) is 8.31. The lowest BCUT2D eigenvalue weighted by Gasteiger charge is -2.49. The number of hydrogen-bond donors (Lipinski definition) is 0. The molecule has 0 spiro atoms. The maximum Gasteiger partial charge on any atom is 0.283 e. The Bertz CT molecular complexity index is 1810. The number of fused-ring (bicyclic) bond motifs is 1. The summed E-state index contributed by atoms with van der Waals surface area (Å²) in [5.41, 5.74) is 5.94. The second-order valence-corrected chi connectivity index (χ2v) is 19.0. The average Bonchev–Trinajstić information content (AvgIpc) is 3.80. The van der Waals surface area contributed by atoms with E-state index in [4.69, 9.17) is 8.95 Å². The highest BCUT2D eigenvalue weighted by Gasteiger charge is 2.49. The first-order valence-corrected chi connectivity index (χ1v) is 21.1. The predicted octanol–water partition coefficient (Wildman–Crippen LogP) is 9.00. The largest absolute Gasteiger partial charge is 0.403 e. The van der Waals surface area contributed by atoms with E-state index in [1.54, 1.807) is 0 Å². The van der Waals surface area contributed by atoms with Gasteiger partial charge in [0, 0.05) is 29.5 Å². The van der Waals surface area contributed by atoms with Crippen LogP contribution in [0.4, 0.5) is 0 Å². The summed E-state index contributed by atoms with van der Waals surface area (Å²) < 4.78 is 13.7. The van der Waals surface area contributed by atoms with Gasteiger partial charge in [-0.05, 0) is 105 Å². The van der Waals surface area contributed by atoms with Crippen molar-refractivity contribution in [3.63, 3.8) is 0 Å². The Labute approximate surface area is 314 Å². The molecule has 1 unspecified atom stereocenters. The van der Waals surface area contributed by atoms with Gasteiger partial charge in [-0.25, -0.2) is 0 Å². The molecule has 273 valence electrons. The lowest BCUT2D eigenvalue weighted by Crippen LogP contribution is -2.57. The molecular weight excluding hydrogens is 655 g/mol. The summed E-state index contributed by atoms with van der Waals surface area (Å²) in [6.07, 6.45) is 9.95. The van der Waals surface area contributed by atoms with Crippen LogP contribution >= 0.6 is 0 Å². The van der Waals surface area contributed by atoms with E-state index in [0.29, 0.717) is 5.92 Å². The van der Waals surface area contributed by atoms with Crippen molar-refractivity contribution in [2.24, 2.45) is 16.7 Å². The van der Waals surface area contributed by atoms with Gasteiger partial charge in [0.05, 0.1) is 11.8 Å². The quantitative estimate of drug-likeness (QED) is 0.114. The zero-order chi connectivity index (χ0) is 36.1. The van der Waals surface area contributed by atoms with Gasteiger partial charge in [0.25, 0.3) is 9.04 Å². The maximum absolute atomic E-state index is 7.57. The number of likely N-dealkylation sites (tertiary alicyclic amines) is 1. The fourth-order valence-electron chi connectivity index (χ4n) is 9.27. The van der Waals surface area contributed by atoms with Crippen LogP contribution in [-0.2, 0) is 17.4 Å². The Hall–Kier alpha value is -3.55. The highest BCUT2D eigenvalue weighted by Crippen LogP contribution is 2.49. The molecule has 4 aromatic carbocycles. The number of hydrogen-bond acceptors (Lipinski definition) is 5. The molecule has 7 rings (SSSR count). The Balaban J connectivity index is 1.03. The smallest absolute Gasteiger partial charge is 0.283 e. The highest BCUT2D eigenvalue weighted by atomic mass is 28.3. The number of nitrogens with zero attached hydrogens (tertiary/aromatic N) is 3. The van der Waals surface area contributed by atoms with Gasteiger partial charge in [0.2, 0.25) is 0 Å². The molecule has 1 aliphatic heterocycles. The van der Waals surface area contributed by atoms with Crippen LogP contribution in [0.15, 0.2) is 108 Å². The maximum atomic E-state index is 7.57. The topological polar surface area (TPSA) is 41.7 Å². The summed E-state index contributed by atoms with van der Waals surface area (Å²) in [5, 5.41) is 8.53. The fourth-order valence-corrected chi connectivity index (χ4v) is 11.7. The molecule has 1 saturated heterocycles. The molecule has 0 amide bonds. The van der Waals surface area contributed by atoms with E-state index in [-0.39, 0.29) is 16.9 Å². The van der Waals surface area contributed by atoms with E-state index < -0.39 is 9.04 Å². The van der Waals surface area contributed by atoms with Crippen molar-refractivity contribution < 1.29 is 8.95 Å². The molecule has 5 nitrogen and oxygen atoms in total. The number of piperidine rings is 1. The SMILES string of the molecule is CN(C)Cc1c(-c2ccccc2)ccc2c(CCC3CCN(CC4(C(O[Si](c5ccccc5)c5ccccc5)C(C)(C)C)CCCC4)CC3)noc12. The number of aryl methyl sites for hydroxylation is 1. The lowest BCUT2D eigenvalue weighted by atomic mass is 9.69. The normalized spacial score (nSPS) is 17.8. The van der Waals surface area contributed by atoms with Gasteiger partial charge in [0.15, 0.2) is 5.58 Å². The molecule has 1 atom stereocenters. The summed E-state index contributed by atoms with van der Waals surface area (Å²) in [6.45, 7) is 11.6. The van der Waals surface area contributed by atoms with E-state index in [1.807, 2.05) is 0 Å². The van der Waals surface area contributed by atoms with Gasteiger partial charge < -0.3 is 18.7 Å². The van der Waals surface area contributed by atoms with Crippen molar-refractivity contribution in [3.8, 4) is 11.1 Å². The molecule has 2 aliphatic rings. The molecule has 2 heterocycles. The monoisotopic (exact) mass is 712 g/mol. The molecule has 1 radical (unpaired) electrons. The van der Waals surface area contributed by atoms with E-state index >= 15 is 0 Å². The van der Waals surface area contributed by atoms with Crippen LogP contribution in [0.3, 0.4) is 0 Å². The van der Waals surface area contributed by atoms with Crippen LogP contribution in [0.25, 0.3) is 22.1 Å². The van der Waals surface area contributed by atoms with Crippen LogP contribution in [-0.4, -0.2) is 63.8 Å². The summed E-state index contributed by atoms with van der Waals surface area (Å²) in [7, 11) is 2.83. The van der Waals surface area contributed by atoms with Gasteiger partial charge in [-0.2, -0.15) is 0 Å². The number of rotatable bonds is 13. The first kappa shape index (κ1) is 36.8. The predicted molar refractivity (Wildman–Crippen MR) is 217 cm³/mol. The first-order chi connectivity index (χ1) is 25.2. The van der Waals surface area contributed by atoms with Gasteiger partial charge in [0.1, 0.15) is 0 Å². The minimum absolute atomic E-state index is 0.0385. The summed E-state index contributed by atoms with van der Waals surface area (Å²) >= 11 is 0. The van der Waals surface area contributed by atoms with Crippen molar-refractivity contribution in [2.75, 3.05) is 33.7 Å². The van der Waals surface area contributed by atoms with Crippen molar-refractivity contribution in [3.05, 3.63) is 114 Å². The Morgan fingerprint density at radius 2 is 1.44 bits per heavy atom. The molecular formula is C46H58N3O2Si. The third-order valence-corrected chi connectivity index (χ3v) is 13.8. The number of benzene rings is 4. The minimum Gasteiger partial charge on any atom is -0.403 e. The second kappa shape index (κ2) is 16.2. The van der Waals surface area contributed by atoms with Gasteiger partial charge in [-0.15, -0.1) is 0 Å². The summed E-state index contributed by atoms with van der Waals surface area (Å²) in [5.74, 6) is 0.716. The van der Waals surface area contributed by atoms with Crippen LogP contribution in [0, 0.1) is 16.7 Å². The van der Waals surface area contributed by atoms with Crippen molar-refractivity contribution in [2.45, 2.75) is 84.8 Å². The summed E-state index contributed by atoms with van der Waals surface area (Å²) in [4.78, 5) is 5.01. The van der Waals surface area contributed by atoms with Crippen LogP contribution in [0.1, 0.15) is 77.0 Å². The average molecular weight is 713 g/mol. The van der Waals surface area contributed by atoms with Gasteiger partial charge in [-0.3, -0.25) is 0 Å². The second-order valence-electron chi connectivity index (χ2n) is 17.0. The van der Waals surface area contributed by atoms with Gasteiger partial charge >= 0.3 is 0 Å². The van der Waals surface area contributed by atoms with Crippen molar-refractivity contribution in [1.82, 2.24) is 15.0 Å². The van der Waals surface area contributed by atoms with E-state index in [1.165, 1.54) is 84.1 Å². The molecule has 0 bridgehead atoms. The fraction of sp³-hybridized carbons (Fsp3) is 0.457. The molecule has 5 aromatic rings. The summed E-state index contributed by atoms with van der Waals surface area (Å²) in [6, 6.07) is 37.2. The van der Waals surface area contributed by atoms with Gasteiger partial charge in [-0.1, -0.05) is 136 Å². The zero-order valence-electron chi connectivity index (χ0n) is 32.1. The van der Waals surface area contributed by atoms with Crippen LogP contribution in [0.2, 0.25) is 0 Å². The Morgan fingerprint density at radius 1 is 0.846 bits per heavy atom. The molecule has 52 heavy (non-hydrogen) atoms. The lowest BCUT2D eigenvalue weighted by molar-refractivity contribution is -0.0501. The Morgan fingerprint density at radius 3 is 2.02 bits per heavy atom. The van der Waals surface area contributed by atoms with Crippen LogP contribution < -0.4 is 10.4 Å². The number of aromatic nitrogens is 1. The molecule has 0 N–H and O–H groups in total. The third-order valence-electron chi connectivity index (χ3n) is 11.7. The molecule has 2 fully saturated rings. The molecule has 1 aromatic heterocycles. The van der Waals surface area contributed by atoms with E-state index in [2.05, 4.69) is 153 Å². The zero-order valence-corrected chi connectivity index (χ0v) is 33.1. The highest BCUT2D eigenvalue weighted by molar-refractivity contribution is 6.80.